The van der Waals surface area contributed by atoms with Crippen molar-refractivity contribution in [1.29, 1.82) is 0 Å². The smallest absolute Gasteiger partial charge is 0.0181 e. The molecule has 3 aromatic rings. The summed E-state index contributed by atoms with van der Waals surface area (Å²) in [4.78, 5) is 0. The first-order chi connectivity index (χ1) is 11.7. The Morgan fingerprint density at radius 3 is 1.79 bits per heavy atom. The Bertz CT molecular complexity index is 827. The van der Waals surface area contributed by atoms with Crippen molar-refractivity contribution in [2.24, 2.45) is 0 Å². The van der Waals surface area contributed by atoms with Crippen molar-refractivity contribution >= 4 is 0 Å². The van der Waals surface area contributed by atoms with Gasteiger partial charge < -0.3 is 0 Å². The highest BCUT2D eigenvalue weighted by Crippen LogP contribution is 2.23. The van der Waals surface area contributed by atoms with Crippen LogP contribution in [-0.4, -0.2) is 0 Å². The van der Waals surface area contributed by atoms with Gasteiger partial charge in [0.15, 0.2) is 0 Å². The Hall–Kier alpha value is -2.34. The maximum atomic E-state index is 2.34. The van der Waals surface area contributed by atoms with Crippen LogP contribution < -0.4 is 0 Å². The summed E-state index contributed by atoms with van der Waals surface area (Å²) < 4.78 is 0. The van der Waals surface area contributed by atoms with Crippen LogP contribution >= 0.6 is 0 Å². The second-order valence-electron chi connectivity index (χ2n) is 6.67. The van der Waals surface area contributed by atoms with Gasteiger partial charge in [-0.1, -0.05) is 73.7 Å². The van der Waals surface area contributed by atoms with E-state index in [2.05, 4.69) is 87.5 Å². The van der Waals surface area contributed by atoms with E-state index in [9.17, 15) is 0 Å². The molecule has 0 saturated heterocycles. The molecule has 122 valence electrons. The summed E-state index contributed by atoms with van der Waals surface area (Å²) in [6, 6.07) is 24.7. The van der Waals surface area contributed by atoms with Crippen LogP contribution in [0.4, 0.5) is 0 Å². The number of hydrogen-bond acceptors (Lipinski definition) is 0. The van der Waals surface area contributed by atoms with E-state index in [4.69, 9.17) is 0 Å². The van der Waals surface area contributed by atoms with Gasteiger partial charge in [-0.2, -0.15) is 0 Å². The summed E-state index contributed by atoms with van der Waals surface area (Å²) >= 11 is 0. The van der Waals surface area contributed by atoms with Crippen LogP contribution in [0.1, 0.15) is 34.7 Å². The van der Waals surface area contributed by atoms with Crippen LogP contribution in [0.15, 0.2) is 66.7 Å². The lowest BCUT2D eigenvalue weighted by molar-refractivity contribution is 0.957. The molecule has 0 fully saturated rings. The number of aryl methyl sites for hydroxylation is 5. The Kier molecular flexibility index (Phi) is 5.15. The number of hydrogen-bond donors (Lipinski definition) is 0. The first kappa shape index (κ1) is 16.5. The molecule has 0 heteroatoms. The lowest BCUT2D eigenvalue weighted by Crippen LogP contribution is -1.93. The molecular weight excluding hydrogens is 288 g/mol. The van der Waals surface area contributed by atoms with Crippen LogP contribution in [0.2, 0.25) is 0 Å². The van der Waals surface area contributed by atoms with Gasteiger partial charge in [-0.15, -0.1) is 0 Å². The average Bonchev–Trinajstić information content (AvgIpc) is 2.63. The molecular formula is C24H26. The van der Waals surface area contributed by atoms with Crippen LogP contribution in [-0.2, 0) is 19.3 Å². The van der Waals surface area contributed by atoms with Gasteiger partial charge >= 0.3 is 0 Å². The fraction of sp³-hybridized carbons (Fsp3) is 0.250. The van der Waals surface area contributed by atoms with Gasteiger partial charge in [-0.25, -0.2) is 0 Å². The highest BCUT2D eigenvalue weighted by atomic mass is 14.1. The topological polar surface area (TPSA) is 0 Å². The zero-order chi connectivity index (χ0) is 16.9. The van der Waals surface area contributed by atoms with Gasteiger partial charge in [0.1, 0.15) is 0 Å². The normalized spacial score (nSPS) is 10.8. The first-order valence-electron chi connectivity index (χ1n) is 8.90. The molecule has 0 amide bonds. The van der Waals surface area contributed by atoms with Crippen molar-refractivity contribution in [3.05, 3.63) is 94.5 Å². The molecule has 0 spiro atoms. The highest BCUT2D eigenvalue weighted by molar-refractivity contribution is 5.65. The summed E-state index contributed by atoms with van der Waals surface area (Å²) in [5.41, 5.74) is 9.64. The molecule has 24 heavy (non-hydrogen) atoms. The molecule has 0 atom stereocenters. The van der Waals surface area contributed by atoms with Crippen LogP contribution in [0.25, 0.3) is 11.1 Å². The van der Waals surface area contributed by atoms with Crippen molar-refractivity contribution in [3.63, 3.8) is 0 Å². The van der Waals surface area contributed by atoms with Gasteiger partial charge in [0, 0.05) is 0 Å². The second kappa shape index (κ2) is 7.49. The highest BCUT2D eigenvalue weighted by Gasteiger charge is 2.02. The fourth-order valence-electron chi connectivity index (χ4n) is 3.12. The van der Waals surface area contributed by atoms with E-state index < -0.39 is 0 Å². The Morgan fingerprint density at radius 1 is 0.583 bits per heavy atom. The van der Waals surface area contributed by atoms with Crippen molar-refractivity contribution in [2.45, 2.75) is 40.0 Å². The third-order valence-electron chi connectivity index (χ3n) is 4.87. The zero-order valence-electron chi connectivity index (χ0n) is 15.0. The van der Waals surface area contributed by atoms with E-state index in [1.807, 2.05) is 0 Å². The SMILES string of the molecule is CCc1cccc(-c2cccc(CCc3ccc(C)c(C)c3)c2)c1. The number of benzene rings is 3. The molecule has 0 radical (unpaired) electrons. The molecule has 0 aromatic heterocycles. The second-order valence-corrected chi connectivity index (χ2v) is 6.67. The van der Waals surface area contributed by atoms with E-state index >= 15 is 0 Å². The van der Waals surface area contributed by atoms with E-state index in [0.717, 1.165) is 19.3 Å². The van der Waals surface area contributed by atoms with E-state index in [0.29, 0.717) is 0 Å². The summed E-state index contributed by atoms with van der Waals surface area (Å²) in [6.07, 6.45) is 3.27. The Balaban J connectivity index is 1.76. The molecule has 0 unspecified atom stereocenters. The monoisotopic (exact) mass is 314 g/mol. The molecule has 3 aromatic carbocycles. The van der Waals surface area contributed by atoms with Gasteiger partial charge in [0.2, 0.25) is 0 Å². The van der Waals surface area contributed by atoms with Gasteiger partial charge in [-0.05, 0) is 72.1 Å². The quantitative estimate of drug-likeness (QED) is 0.517. The molecule has 0 bridgehead atoms. The lowest BCUT2D eigenvalue weighted by atomic mass is 9.97. The summed E-state index contributed by atoms with van der Waals surface area (Å²) in [5.74, 6) is 0. The summed E-state index contributed by atoms with van der Waals surface area (Å²) in [5, 5.41) is 0. The third kappa shape index (κ3) is 3.94. The zero-order valence-corrected chi connectivity index (χ0v) is 15.0. The summed E-state index contributed by atoms with van der Waals surface area (Å²) in [7, 11) is 0. The number of rotatable bonds is 5. The van der Waals surface area contributed by atoms with Crippen molar-refractivity contribution in [3.8, 4) is 11.1 Å². The summed E-state index contributed by atoms with van der Waals surface area (Å²) in [6.45, 7) is 6.58. The van der Waals surface area contributed by atoms with Crippen LogP contribution in [0.5, 0.6) is 0 Å². The minimum Gasteiger partial charge on any atom is -0.0614 e. The Morgan fingerprint density at radius 2 is 1.17 bits per heavy atom. The van der Waals surface area contributed by atoms with Gasteiger partial charge in [0.25, 0.3) is 0 Å². The van der Waals surface area contributed by atoms with Gasteiger partial charge in [-0.3, -0.25) is 0 Å². The lowest BCUT2D eigenvalue weighted by Gasteiger charge is -2.08. The predicted molar refractivity (Wildman–Crippen MR) is 105 cm³/mol. The molecule has 3 rings (SSSR count). The van der Waals surface area contributed by atoms with Crippen LogP contribution in [0, 0.1) is 13.8 Å². The Labute approximate surface area is 146 Å². The van der Waals surface area contributed by atoms with Crippen molar-refractivity contribution < 1.29 is 0 Å². The van der Waals surface area contributed by atoms with E-state index in [-0.39, 0.29) is 0 Å². The van der Waals surface area contributed by atoms with E-state index in [1.54, 1.807) is 0 Å². The standard InChI is InChI=1S/C24H26/c1-4-20-7-5-9-23(16-20)24-10-6-8-21(17-24)13-14-22-12-11-18(2)19(3)15-22/h5-12,15-17H,4,13-14H2,1-3H3. The largest absolute Gasteiger partial charge is 0.0614 e. The maximum absolute atomic E-state index is 2.34. The fourth-order valence-corrected chi connectivity index (χ4v) is 3.12. The molecule has 0 aliphatic carbocycles. The molecule has 0 saturated carbocycles. The van der Waals surface area contributed by atoms with Crippen molar-refractivity contribution in [2.75, 3.05) is 0 Å². The molecule has 0 aliphatic rings. The predicted octanol–water partition coefficient (Wildman–Crippen LogP) is 6.32. The minimum atomic E-state index is 1.08. The minimum absolute atomic E-state index is 1.08. The molecule has 0 heterocycles. The molecule has 0 aliphatic heterocycles. The van der Waals surface area contributed by atoms with Crippen LogP contribution in [0.3, 0.4) is 0 Å². The molecule has 0 N–H and O–H groups in total. The van der Waals surface area contributed by atoms with E-state index in [1.165, 1.54) is 38.9 Å². The maximum Gasteiger partial charge on any atom is -0.0181 e. The molecule has 0 nitrogen and oxygen atoms in total. The average molecular weight is 314 g/mol. The van der Waals surface area contributed by atoms with Crippen molar-refractivity contribution in [1.82, 2.24) is 0 Å². The van der Waals surface area contributed by atoms with Gasteiger partial charge in [0.05, 0.1) is 0 Å². The third-order valence-corrected chi connectivity index (χ3v) is 4.87. The first-order valence-corrected chi connectivity index (χ1v) is 8.90.